The van der Waals surface area contributed by atoms with E-state index in [1.54, 1.807) is 0 Å². The highest BCUT2D eigenvalue weighted by Gasteiger charge is 2.44. The van der Waals surface area contributed by atoms with Crippen molar-refractivity contribution in [3.05, 3.63) is 479 Å². The number of hydrogen-bond acceptors (Lipinski definition) is 8. The average molecular weight is 1790 g/mol. The van der Waals surface area contributed by atoms with Gasteiger partial charge in [0, 0.05) is 120 Å². The molecular weight excluding hydrogens is 1710 g/mol. The Kier molecular flexibility index (Phi) is 19.5. The minimum Gasteiger partial charge on any atom is -0.309 e. The zero-order chi connectivity index (χ0) is 89.9. The molecule has 0 fully saturated rings. The van der Waals surface area contributed by atoms with Gasteiger partial charge in [0.05, 0.1) is 67.3 Å². The lowest BCUT2D eigenvalue weighted by molar-refractivity contribution is 0.592. The normalized spacial score (nSPS) is 15.3. The fraction of sp³-hybridized carbons (Fsp3) is 0. The van der Waals surface area contributed by atoms with E-state index in [1.165, 1.54) is 0 Å². The number of benzene rings is 18. The highest BCUT2D eigenvalue weighted by Crippen LogP contribution is 2.57. The van der Waals surface area contributed by atoms with E-state index in [0.717, 1.165) is 220 Å². The molecule has 0 spiro atoms. The molecule has 14 heteroatoms. The summed E-state index contributed by atoms with van der Waals surface area (Å²) in [7, 11) is -9.22. The van der Waals surface area contributed by atoms with Crippen LogP contribution in [0.4, 0.5) is 0 Å². The van der Waals surface area contributed by atoms with Crippen molar-refractivity contribution in [3.8, 4) is 119 Å². The van der Waals surface area contributed by atoms with Gasteiger partial charge in [0.1, 0.15) is 5.82 Å². The largest absolute Gasteiger partial charge is 0.309 e. The first kappa shape index (κ1) is 80.4. The molecule has 0 radical (unpaired) electrons. The van der Waals surface area contributed by atoms with Gasteiger partial charge in [-0.25, -0.2) is 24.9 Å². The lowest BCUT2D eigenvalue weighted by atomic mass is 10.0. The number of aromatic nitrogens is 8. The highest BCUT2D eigenvalue weighted by atomic mass is 31.2. The van der Waals surface area contributed by atoms with Gasteiger partial charge in [-0.15, -0.1) is 0 Å². The van der Waals surface area contributed by atoms with Gasteiger partial charge < -0.3 is 18.3 Å². The fourth-order valence-corrected chi connectivity index (χ4v) is 29.7. The molecule has 0 bridgehead atoms. The van der Waals surface area contributed by atoms with Crippen LogP contribution in [0.3, 0.4) is 0 Å². The Hall–Kier alpha value is -16.6. The smallest absolute Gasteiger partial charge is 0.235 e. The number of pyridine rings is 1. The zero-order valence-electron chi connectivity index (χ0n) is 72.8. The predicted octanol–water partition coefficient (Wildman–Crippen LogP) is 26.2. The van der Waals surface area contributed by atoms with Crippen LogP contribution in [0.25, 0.3) is 184 Å². The molecule has 0 amide bonds. The fourth-order valence-electron chi connectivity index (χ4n) is 20.5. The van der Waals surface area contributed by atoms with Crippen LogP contribution in [-0.4, -0.2) is 38.6 Å². The van der Waals surface area contributed by atoms with Gasteiger partial charge in [0.25, 0.3) is 0 Å². The summed E-state index contributed by atoms with van der Waals surface area (Å²) < 4.78 is 52.6. The van der Waals surface area contributed by atoms with Gasteiger partial charge in [-0.3, -0.25) is 9.13 Å². The van der Waals surface area contributed by atoms with Crippen LogP contribution in [0.5, 0.6) is 0 Å². The second-order valence-corrected chi connectivity index (χ2v) is 42.4. The summed E-state index contributed by atoms with van der Waals surface area (Å²) in [5.74, 6) is 2.04. The van der Waals surface area contributed by atoms with E-state index in [4.69, 9.17) is 24.9 Å². The number of hydrogen-bond donors (Lipinski definition) is 0. The van der Waals surface area contributed by atoms with Crippen LogP contribution in [0, 0.1) is 0 Å². The maximum Gasteiger partial charge on any atom is 0.235 e. The summed E-state index contributed by atoms with van der Waals surface area (Å²) in [4.78, 5) is 25.7. The third-order valence-electron chi connectivity index (χ3n) is 26.7. The van der Waals surface area contributed by atoms with Crippen LogP contribution in [-0.2, 0) is 13.7 Å². The summed E-state index contributed by atoms with van der Waals surface area (Å²) in [6, 6.07) is 163. The Bertz CT molecular complexity index is 8010. The van der Waals surface area contributed by atoms with Crippen molar-refractivity contribution < 1.29 is 13.7 Å². The molecule has 18 aromatic carbocycles. The molecule has 0 saturated carbocycles. The third-order valence-corrected chi connectivity index (χ3v) is 36.1. The summed E-state index contributed by atoms with van der Waals surface area (Å²) in [6.45, 7) is 0. The predicted molar refractivity (Wildman–Crippen MR) is 559 cm³/mol. The van der Waals surface area contributed by atoms with Crippen LogP contribution < -0.4 is 47.7 Å². The zero-order valence-corrected chi connectivity index (χ0v) is 75.4. The topological polar surface area (TPSA) is 130 Å². The summed E-state index contributed by atoms with van der Waals surface area (Å²) in [6.07, 6.45) is 0. The van der Waals surface area contributed by atoms with Crippen molar-refractivity contribution in [2.24, 2.45) is 0 Å². The monoisotopic (exact) mass is 1780 g/mol. The Morgan fingerprint density at radius 2 is 0.452 bits per heavy atom. The standard InChI is InChI=1S/C41H27N2OP.2C40H26N3OP/c44-45(31-18-8-3-9-19-31)40-23-13-11-21-33(40)35-26-39-34(27-41(35)45)32-20-10-12-22-38(32)43(39)30-24-36(28-14-4-1-5-15-28)42-37(25-30)29-16-6-2-7-17-29;44-45(29-18-8-3-9-19-29)38-23-13-11-21-31(38)33-24-37-32(25-39(33)45)30-20-10-12-22-36(30)43(37)40-41-34(27-14-4-1-5-15-27)26-35(42-40)28-16-6-2-7-17-28;44-45(29-18-8-3-9-19-29)37-23-13-11-21-31(37)33-24-36-32(25-38(33)45)30-20-10-12-22-35(30)43(36)39-26-34(27-14-4-1-5-15-27)41-40(42-39)28-16-6-2-7-17-28/h1-27H;2*1-26H. The maximum absolute atomic E-state index is 15.3. The van der Waals surface area contributed by atoms with Crippen molar-refractivity contribution in [3.63, 3.8) is 0 Å². The molecule has 27 rings (SSSR count). The van der Waals surface area contributed by atoms with E-state index < -0.39 is 21.4 Å². The van der Waals surface area contributed by atoms with E-state index in [0.29, 0.717) is 11.8 Å². The van der Waals surface area contributed by atoms with Crippen molar-refractivity contribution in [1.82, 2.24) is 38.6 Å². The van der Waals surface area contributed by atoms with Crippen LogP contribution >= 0.6 is 21.4 Å². The molecular formula is C121H79N8O3P3. The average Bonchev–Trinajstić information content (AvgIpc) is 1.55. The van der Waals surface area contributed by atoms with Gasteiger partial charge >= 0.3 is 0 Å². The van der Waals surface area contributed by atoms with Crippen molar-refractivity contribution in [1.29, 1.82) is 0 Å². The summed E-state index contributed by atoms with van der Waals surface area (Å²) in [5.41, 5.74) is 23.9. The second kappa shape index (κ2) is 32.7. The van der Waals surface area contributed by atoms with E-state index >= 15 is 13.7 Å². The van der Waals surface area contributed by atoms with Crippen molar-refractivity contribution in [2.45, 2.75) is 0 Å². The first-order valence-electron chi connectivity index (χ1n) is 45.2. The SMILES string of the molecule is O=P1(c2ccccc2)c2ccccc2-c2cc3c(cc21)c1ccccc1n3-c1cc(-c2ccccc2)nc(-c2ccccc2)c1.O=P1(c2ccccc2)c2ccccc2-c2cc3c(cc21)c1ccccc1n3-c1cc(-c2ccccc2)nc(-c2ccccc2)n1.O=P1(c2ccccc2)c2ccccc2-c2cc3c(cc21)c1ccccc1n3-c1nc(-c2ccccc2)cc(-c2ccccc2)n1. The number of nitrogens with zero attached hydrogens (tertiary/aromatic N) is 8. The van der Waals surface area contributed by atoms with E-state index in [-0.39, 0.29) is 0 Å². The maximum atomic E-state index is 15.3. The van der Waals surface area contributed by atoms with Gasteiger partial charge in [0.2, 0.25) is 5.95 Å². The second-order valence-electron chi connectivity index (χ2n) is 34.3. The first-order valence-corrected chi connectivity index (χ1v) is 50.4. The van der Waals surface area contributed by atoms with Crippen LogP contribution in [0.2, 0.25) is 0 Å². The Labute approximate surface area is 779 Å². The molecule has 636 valence electrons. The molecule has 3 aliphatic heterocycles. The molecule has 6 aromatic heterocycles. The van der Waals surface area contributed by atoms with Gasteiger partial charge in [0.15, 0.2) is 27.3 Å². The van der Waals surface area contributed by atoms with Crippen LogP contribution in [0.15, 0.2) is 479 Å². The first-order chi connectivity index (χ1) is 66.6. The lowest BCUT2D eigenvalue weighted by Crippen LogP contribution is -2.20. The number of para-hydroxylation sites is 3. The van der Waals surface area contributed by atoms with Gasteiger partial charge in [-0.1, -0.05) is 400 Å². The molecule has 24 aromatic rings. The molecule has 3 unspecified atom stereocenters. The van der Waals surface area contributed by atoms with E-state index in [1.807, 2.05) is 243 Å². The molecule has 0 aliphatic carbocycles. The molecule has 0 N–H and O–H groups in total. The molecule has 11 nitrogen and oxygen atoms in total. The minimum absolute atomic E-state index is 0.596. The minimum atomic E-state index is -3.08. The molecule has 135 heavy (non-hydrogen) atoms. The Balaban J connectivity index is 0.000000108. The van der Waals surface area contributed by atoms with E-state index in [2.05, 4.69) is 250 Å². The molecule has 3 aliphatic rings. The van der Waals surface area contributed by atoms with Crippen LogP contribution in [0.1, 0.15) is 0 Å². The molecule has 3 atom stereocenters. The van der Waals surface area contributed by atoms with Crippen molar-refractivity contribution >= 4 is 135 Å². The lowest BCUT2D eigenvalue weighted by Gasteiger charge is -2.16. The van der Waals surface area contributed by atoms with Crippen molar-refractivity contribution in [2.75, 3.05) is 0 Å². The van der Waals surface area contributed by atoms with Gasteiger partial charge in [-0.2, -0.15) is 0 Å². The Morgan fingerprint density at radius 3 is 0.815 bits per heavy atom. The summed E-state index contributed by atoms with van der Waals surface area (Å²) in [5, 5.41) is 14.4. The quantitative estimate of drug-likeness (QED) is 0.111. The molecule has 9 heterocycles. The van der Waals surface area contributed by atoms with E-state index in [9.17, 15) is 0 Å². The number of fused-ring (bicyclic) bond motifs is 18. The van der Waals surface area contributed by atoms with Gasteiger partial charge in [-0.05, 0) is 106 Å². The summed E-state index contributed by atoms with van der Waals surface area (Å²) >= 11 is 0. The molecule has 0 saturated heterocycles. The highest BCUT2D eigenvalue weighted by molar-refractivity contribution is 7.87. The number of rotatable bonds is 12. The Morgan fingerprint density at radius 1 is 0.178 bits per heavy atom. The third kappa shape index (κ3) is 13.2.